The fraction of sp³-hybridized carbons (Fsp3) is 0.235. The van der Waals surface area contributed by atoms with Gasteiger partial charge in [-0.05, 0) is 31.2 Å². The normalized spacial score (nSPS) is 10.3. The number of para-hydroxylation sites is 2. The van der Waals surface area contributed by atoms with Crippen LogP contribution in [0.5, 0.6) is 5.75 Å². The quantitative estimate of drug-likeness (QED) is 0.855. The van der Waals surface area contributed by atoms with Gasteiger partial charge in [0.25, 0.3) is 0 Å². The molecule has 0 spiro atoms. The van der Waals surface area contributed by atoms with Gasteiger partial charge in [-0.15, -0.1) is 0 Å². The van der Waals surface area contributed by atoms with Crippen molar-refractivity contribution >= 4 is 11.6 Å². The van der Waals surface area contributed by atoms with Crippen LogP contribution < -0.4 is 10.6 Å². The van der Waals surface area contributed by atoms with E-state index in [1.807, 2.05) is 36.4 Å². The highest BCUT2D eigenvalue weighted by Gasteiger charge is 2.16. The summed E-state index contributed by atoms with van der Waals surface area (Å²) in [5.41, 5.74) is 7.04. The summed E-state index contributed by atoms with van der Waals surface area (Å²) < 4.78 is 0. The minimum Gasteiger partial charge on any atom is -0.508 e. The number of nitrogens with two attached hydrogens (primary N) is 1. The number of carbonyl (C=O) groups excluding carboxylic acids is 1. The number of benzene rings is 2. The standard InChI is InChI=1S/C17H20N2O2/c18-11-6-12-19(15-8-2-1-3-9-15)17(21)13-14-7-4-5-10-16(14)20/h1-5,7-10,20H,6,11-13,18H2. The van der Waals surface area contributed by atoms with Crippen LogP contribution in [0.4, 0.5) is 5.69 Å². The second kappa shape index (κ2) is 7.45. The maximum absolute atomic E-state index is 12.5. The van der Waals surface area contributed by atoms with E-state index in [1.54, 1.807) is 23.1 Å². The topological polar surface area (TPSA) is 66.6 Å². The van der Waals surface area contributed by atoms with Crippen molar-refractivity contribution in [1.29, 1.82) is 0 Å². The molecule has 0 atom stereocenters. The van der Waals surface area contributed by atoms with E-state index >= 15 is 0 Å². The van der Waals surface area contributed by atoms with E-state index < -0.39 is 0 Å². The van der Waals surface area contributed by atoms with E-state index in [2.05, 4.69) is 0 Å². The minimum atomic E-state index is -0.0452. The molecule has 110 valence electrons. The Bertz CT molecular complexity index is 584. The first-order chi connectivity index (χ1) is 10.2. The Labute approximate surface area is 124 Å². The van der Waals surface area contributed by atoms with Crippen LogP contribution in [0.25, 0.3) is 0 Å². The number of nitrogens with zero attached hydrogens (tertiary/aromatic N) is 1. The number of carbonyl (C=O) groups is 1. The average Bonchev–Trinajstić information content (AvgIpc) is 2.51. The van der Waals surface area contributed by atoms with Crippen LogP contribution in [0.3, 0.4) is 0 Å². The Morgan fingerprint density at radius 3 is 2.38 bits per heavy atom. The van der Waals surface area contributed by atoms with Crippen LogP contribution in [-0.2, 0) is 11.2 Å². The maximum atomic E-state index is 12.5. The lowest BCUT2D eigenvalue weighted by Crippen LogP contribution is -2.34. The molecule has 0 aliphatic heterocycles. The van der Waals surface area contributed by atoms with Crippen LogP contribution in [0.2, 0.25) is 0 Å². The van der Waals surface area contributed by atoms with E-state index in [1.165, 1.54) is 0 Å². The monoisotopic (exact) mass is 284 g/mol. The summed E-state index contributed by atoms with van der Waals surface area (Å²) >= 11 is 0. The highest BCUT2D eigenvalue weighted by atomic mass is 16.3. The van der Waals surface area contributed by atoms with Crippen molar-refractivity contribution in [3.63, 3.8) is 0 Å². The lowest BCUT2D eigenvalue weighted by molar-refractivity contribution is -0.118. The largest absolute Gasteiger partial charge is 0.508 e. The van der Waals surface area contributed by atoms with Gasteiger partial charge in [-0.3, -0.25) is 4.79 Å². The van der Waals surface area contributed by atoms with Gasteiger partial charge in [0.1, 0.15) is 5.75 Å². The molecule has 21 heavy (non-hydrogen) atoms. The van der Waals surface area contributed by atoms with E-state index in [0.29, 0.717) is 18.7 Å². The first-order valence-corrected chi connectivity index (χ1v) is 7.04. The lowest BCUT2D eigenvalue weighted by Gasteiger charge is -2.23. The van der Waals surface area contributed by atoms with Crippen molar-refractivity contribution in [2.75, 3.05) is 18.0 Å². The van der Waals surface area contributed by atoms with Crippen molar-refractivity contribution in [2.45, 2.75) is 12.8 Å². The molecule has 0 aliphatic carbocycles. The summed E-state index contributed by atoms with van der Waals surface area (Å²) in [5, 5.41) is 9.80. The van der Waals surface area contributed by atoms with E-state index in [4.69, 9.17) is 5.73 Å². The number of phenols is 1. The van der Waals surface area contributed by atoms with Gasteiger partial charge in [-0.1, -0.05) is 36.4 Å². The van der Waals surface area contributed by atoms with E-state index in [0.717, 1.165) is 12.1 Å². The molecular weight excluding hydrogens is 264 g/mol. The third-order valence-electron chi connectivity index (χ3n) is 3.29. The predicted molar refractivity (Wildman–Crippen MR) is 84.3 cm³/mol. The second-order valence-corrected chi connectivity index (χ2v) is 4.83. The Morgan fingerprint density at radius 2 is 1.71 bits per heavy atom. The van der Waals surface area contributed by atoms with Crippen LogP contribution in [0.1, 0.15) is 12.0 Å². The third-order valence-corrected chi connectivity index (χ3v) is 3.29. The third kappa shape index (κ3) is 4.07. The van der Waals surface area contributed by atoms with Crippen molar-refractivity contribution in [3.05, 3.63) is 60.2 Å². The van der Waals surface area contributed by atoms with E-state index in [-0.39, 0.29) is 18.1 Å². The van der Waals surface area contributed by atoms with Crippen LogP contribution >= 0.6 is 0 Å². The number of phenolic OH excluding ortho intramolecular Hbond substituents is 1. The molecule has 4 nitrogen and oxygen atoms in total. The van der Waals surface area contributed by atoms with E-state index in [9.17, 15) is 9.90 Å². The Kier molecular flexibility index (Phi) is 5.35. The predicted octanol–water partition coefficient (Wildman–Crippen LogP) is 2.32. The summed E-state index contributed by atoms with van der Waals surface area (Å²) in [7, 11) is 0. The first kappa shape index (κ1) is 15.1. The van der Waals surface area contributed by atoms with Gasteiger partial charge in [-0.25, -0.2) is 0 Å². The summed E-state index contributed by atoms with van der Waals surface area (Å²) in [6, 6.07) is 16.4. The molecule has 2 aromatic carbocycles. The smallest absolute Gasteiger partial charge is 0.231 e. The van der Waals surface area contributed by atoms with Gasteiger partial charge in [0.05, 0.1) is 6.42 Å². The van der Waals surface area contributed by atoms with Crippen molar-refractivity contribution < 1.29 is 9.90 Å². The SMILES string of the molecule is NCCCN(C(=O)Cc1ccccc1O)c1ccccc1. The molecule has 0 fully saturated rings. The number of anilines is 1. The van der Waals surface area contributed by atoms with Crippen molar-refractivity contribution in [3.8, 4) is 5.75 Å². The molecule has 0 bridgehead atoms. The highest BCUT2D eigenvalue weighted by molar-refractivity contribution is 5.95. The van der Waals surface area contributed by atoms with Gasteiger partial charge in [0.2, 0.25) is 5.91 Å². The number of rotatable bonds is 6. The van der Waals surface area contributed by atoms with Gasteiger partial charge in [0, 0.05) is 17.8 Å². The zero-order valence-electron chi connectivity index (χ0n) is 11.9. The van der Waals surface area contributed by atoms with Crippen LogP contribution in [0.15, 0.2) is 54.6 Å². The Hall–Kier alpha value is -2.33. The Balaban J connectivity index is 2.17. The molecule has 0 aliphatic rings. The molecule has 3 N–H and O–H groups in total. The second-order valence-electron chi connectivity index (χ2n) is 4.83. The number of hydrogen-bond acceptors (Lipinski definition) is 3. The lowest BCUT2D eigenvalue weighted by atomic mass is 10.1. The molecule has 0 saturated heterocycles. The zero-order chi connectivity index (χ0) is 15.1. The van der Waals surface area contributed by atoms with Gasteiger partial charge in [-0.2, -0.15) is 0 Å². The highest BCUT2D eigenvalue weighted by Crippen LogP contribution is 2.20. The van der Waals surface area contributed by atoms with Gasteiger partial charge >= 0.3 is 0 Å². The van der Waals surface area contributed by atoms with Gasteiger partial charge in [0.15, 0.2) is 0 Å². The van der Waals surface area contributed by atoms with Gasteiger partial charge < -0.3 is 15.7 Å². The number of aromatic hydroxyl groups is 1. The molecule has 0 saturated carbocycles. The molecule has 1 amide bonds. The molecule has 4 heteroatoms. The summed E-state index contributed by atoms with van der Waals surface area (Å²) in [5.74, 6) is 0.105. The molecule has 0 aromatic heterocycles. The molecule has 2 rings (SSSR count). The van der Waals surface area contributed by atoms with Crippen LogP contribution in [0, 0.1) is 0 Å². The molecule has 0 heterocycles. The Morgan fingerprint density at radius 1 is 1.05 bits per heavy atom. The van der Waals surface area contributed by atoms with Crippen LogP contribution in [-0.4, -0.2) is 24.1 Å². The summed E-state index contributed by atoms with van der Waals surface area (Å²) in [6.45, 7) is 1.11. The van der Waals surface area contributed by atoms with Crippen molar-refractivity contribution in [1.82, 2.24) is 0 Å². The summed E-state index contributed by atoms with van der Waals surface area (Å²) in [6.07, 6.45) is 0.910. The molecule has 0 radical (unpaired) electrons. The fourth-order valence-corrected chi connectivity index (χ4v) is 2.17. The molecular formula is C17H20N2O2. The molecule has 2 aromatic rings. The maximum Gasteiger partial charge on any atom is 0.231 e. The summed E-state index contributed by atoms with van der Waals surface area (Å²) in [4.78, 5) is 14.3. The minimum absolute atomic E-state index is 0.0452. The molecule has 0 unspecified atom stereocenters. The number of amides is 1. The number of hydrogen-bond donors (Lipinski definition) is 2. The fourth-order valence-electron chi connectivity index (χ4n) is 2.17. The zero-order valence-corrected chi connectivity index (χ0v) is 11.9. The average molecular weight is 284 g/mol. The first-order valence-electron chi connectivity index (χ1n) is 7.04. The van der Waals surface area contributed by atoms with Crippen molar-refractivity contribution in [2.24, 2.45) is 5.73 Å².